The first-order chi connectivity index (χ1) is 9.72. The molecule has 6 nitrogen and oxygen atoms in total. The maximum atomic E-state index is 11.7. The maximum absolute atomic E-state index is 11.7. The van der Waals surface area contributed by atoms with E-state index in [4.69, 9.17) is 5.73 Å². The molecule has 1 aromatic rings. The number of hydrogen-bond acceptors (Lipinski definition) is 5. The van der Waals surface area contributed by atoms with E-state index in [1.54, 1.807) is 6.07 Å². The number of hydrogen-bond donors (Lipinski definition) is 3. The van der Waals surface area contributed by atoms with E-state index in [-0.39, 0.29) is 17.4 Å². The Hall–Kier alpha value is -1.85. The summed E-state index contributed by atoms with van der Waals surface area (Å²) in [6.07, 6.45) is 1.33. The van der Waals surface area contributed by atoms with Crippen molar-refractivity contribution in [1.82, 2.24) is 15.3 Å². The Kier molecular flexibility index (Phi) is 5.93. The Bertz CT molecular complexity index is 481. The first-order valence-electron chi connectivity index (χ1n) is 7.40. The van der Waals surface area contributed by atoms with Crippen molar-refractivity contribution in [3.05, 3.63) is 11.9 Å². The molecule has 1 unspecified atom stereocenters. The van der Waals surface area contributed by atoms with Crippen molar-refractivity contribution < 1.29 is 4.79 Å². The number of carbonyl (C=O) groups is 1. The molecule has 0 aromatic carbocycles. The summed E-state index contributed by atoms with van der Waals surface area (Å²) in [6.45, 7) is 10.6. The average Bonchev–Trinajstić information content (AvgIpc) is 2.36. The Morgan fingerprint density at radius 1 is 1.38 bits per heavy atom. The minimum Gasteiger partial charge on any atom is -0.384 e. The van der Waals surface area contributed by atoms with Crippen molar-refractivity contribution in [3.63, 3.8) is 0 Å². The van der Waals surface area contributed by atoms with Crippen molar-refractivity contribution in [2.75, 3.05) is 17.6 Å². The molecular weight excluding hydrogens is 266 g/mol. The molecule has 6 heteroatoms. The van der Waals surface area contributed by atoms with Crippen LogP contribution in [-0.2, 0) is 10.2 Å². The van der Waals surface area contributed by atoms with E-state index in [0.717, 1.165) is 6.42 Å². The molecule has 0 fully saturated rings. The molecule has 4 N–H and O–H groups in total. The minimum atomic E-state index is -0.167. The molecule has 0 radical (unpaired) electrons. The predicted molar refractivity (Wildman–Crippen MR) is 86.1 cm³/mol. The molecule has 1 atom stereocenters. The second-order valence-corrected chi connectivity index (χ2v) is 6.31. The van der Waals surface area contributed by atoms with E-state index in [1.807, 2.05) is 34.6 Å². The monoisotopic (exact) mass is 293 g/mol. The molecule has 1 heterocycles. The Morgan fingerprint density at radius 2 is 2.05 bits per heavy atom. The summed E-state index contributed by atoms with van der Waals surface area (Å²) in [4.78, 5) is 20.4. The zero-order valence-electron chi connectivity index (χ0n) is 13.7. The van der Waals surface area contributed by atoms with Gasteiger partial charge in [0.1, 0.15) is 17.5 Å². The lowest BCUT2D eigenvalue weighted by Crippen LogP contribution is -2.33. The fraction of sp³-hybridized carbons (Fsp3) is 0.667. The topological polar surface area (TPSA) is 92.9 Å². The van der Waals surface area contributed by atoms with Gasteiger partial charge in [-0.1, -0.05) is 27.7 Å². The third-order valence-corrected chi connectivity index (χ3v) is 3.09. The highest BCUT2D eigenvalue weighted by Crippen LogP contribution is 2.21. The zero-order chi connectivity index (χ0) is 16.0. The normalized spacial score (nSPS) is 12.8. The lowest BCUT2D eigenvalue weighted by Gasteiger charge is -2.18. The third-order valence-electron chi connectivity index (χ3n) is 3.09. The van der Waals surface area contributed by atoms with E-state index in [0.29, 0.717) is 30.4 Å². The lowest BCUT2D eigenvalue weighted by atomic mass is 9.96. The number of carbonyl (C=O) groups excluding carboxylic acids is 1. The summed E-state index contributed by atoms with van der Waals surface area (Å²) in [6, 6.07) is 1.89. The van der Waals surface area contributed by atoms with E-state index in [2.05, 4.69) is 20.6 Å². The first-order valence-corrected chi connectivity index (χ1v) is 7.40. The van der Waals surface area contributed by atoms with Crippen LogP contribution in [0.3, 0.4) is 0 Å². The second kappa shape index (κ2) is 7.24. The smallest absolute Gasteiger partial charge is 0.221 e. The van der Waals surface area contributed by atoms with Gasteiger partial charge in [-0.3, -0.25) is 4.79 Å². The highest BCUT2D eigenvalue weighted by atomic mass is 16.1. The molecule has 118 valence electrons. The number of anilines is 2. The van der Waals surface area contributed by atoms with Crippen molar-refractivity contribution in [2.24, 2.45) is 0 Å². The minimum absolute atomic E-state index is 0.0370. The molecule has 1 amide bonds. The number of rotatable bonds is 6. The number of nitrogens with zero attached hydrogens (tertiary/aromatic N) is 2. The van der Waals surface area contributed by atoms with E-state index in [9.17, 15) is 4.79 Å². The van der Waals surface area contributed by atoms with Gasteiger partial charge < -0.3 is 16.4 Å². The van der Waals surface area contributed by atoms with Crippen LogP contribution < -0.4 is 16.4 Å². The molecule has 0 spiro atoms. The van der Waals surface area contributed by atoms with Gasteiger partial charge in [-0.25, -0.2) is 9.97 Å². The largest absolute Gasteiger partial charge is 0.384 e. The summed E-state index contributed by atoms with van der Waals surface area (Å²) >= 11 is 0. The average molecular weight is 293 g/mol. The van der Waals surface area contributed by atoms with Gasteiger partial charge in [0.15, 0.2) is 0 Å². The Labute approximate surface area is 126 Å². The van der Waals surface area contributed by atoms with Gasteiger partial charge in [0.25, 0.3) is 0 Å². The standard InChI is InChI=1S/C15H27N5O/c1-6-10(2)18-13(21)7-8-17-12-9-11(16)19-14(20-12)15(3,4)5/h9-10H,6-8H2,1-5H3,(H,18,21)(H3,16,17,19,20). The summed E-state index contributed by atoms with van der Waals surface area (Å²) < 4.78 is 0. The Balaban J connectivity index is 2.56. The lowest BCUT2D eigenvalue weighted by molar-refractivity contribution is -0.121. The van der Waals surface area contributed by atoms with Crippen LogP contribution in [0.5, 0.6) is 0 Å². The van der Waals surface area contributed by atoms with E-state index < -0.39 is 0 Å². The second-order valence-electron chi connectivity index (χ2n) is 6.31. The zero-order valence-corrected chi connectivity index (χ0v) is 13.7. The van der Waals surface area contributed by atoms with Gasteiger partial charge in [-0.2, -0.15) is 0 Å². The summed E-state index contributed by atoms with van der Waals surface area (Å²) in [5.41, 5.74) is 5.63. The summed E-state index contributed by atoms with van der Waals surface area (Å²) in [7, 11) is 0. The van der Waals surface area contributed by atoms with Gasteiger partial charge in [-0.15, -0.1) is 0 Å². The number of nitrogens with one attached hydrogen (secondary N) is 2. The van der Waals surface area contributed by atoms with Crippen LogP contribution in [0.4, 0.5) is 11.6 Å². The highest BCUT2D eigenvalue weighted by molar-refractivity contribution is 5.76. The van der Waals surface area contributed by atoms with Gasteiger partial charge in [0, 0.05) is 30.5 Å². The third kappa shape index (κ3) is 5.97. The SMILES string of the molecule is CCC(C)NC(=O)CCNc1cc(N)nc(C(C)(C)C)n1. The van der Waals surface area contributed by atoms with Crippen LogP contribution in [0.2, 0.25) is 0 Å². The first kappa shape index (κ1) is 17.2. The maximum Gasteiger partial charge on any atom is 0.221 e. The molecule has 0 bridgehead atoms. The molecular formula is C15H27N5O. The molecule has 21 heavy (non-hydrogen) atoms. The molecule has 0 saturated heterocycles. The van der Waals surface area contributed by atoms with E-state index in [1.165, 1.54) is 0 Å². The van der Waals surface area contributed by atoms with Crippen LogP contribution in [0.1, 0.15) is 53.3 Å². The fourth-order valence-electron chi connectivity index (χ4n) is 1.65. The van der Waals surface area contributed by atoms with Crippen molar-refractivity contribution >= 4 is 17.5 Å². The summed E-state index contributed by atoms with van der Waals surface area (Å²) in [5.74, 6) is 1.81. The van der Waals surface area contributed by atoms with Crippen molar-refractivity contribution in [1.29, 1.82) is 0 Å². The van der Waals surface area contributed by atoms with Gasteiger partial charge in [-0.05, 0) is 13.3 Å². The van der Waals surface area contributed by atoms with Crippen molar-refractivity contribution in [3.8, 4) is 0 Å². The predicted octanol–water partition coefficient (Wildman–Crippen LogP) is 2.07. The van der Waals surface area contributed by atoms with Gasteiger partial charge in [0.2, 0.25) is 5.91 Å². The highest BCUT2D eigenvalue weighted by Gasteiger charge is 2.18. The van der Waals surface area contributed by atoms with Gasteiger partial charge in [0.05, 0.1) is 0 Å². The molecule has 1 rings (SSSR count). The molecule has 0 aliphatic rings. The summed E-state index contributed by atoms with van der Waals surface area (Å²) in [5, 5.41) is 6.05. The number of nitrogens with two attached hydrogens (primary N) is 1. The number of nitrogen functional groups attached to an aromatic ring is 1. The van der Waals surface area contributed by atoms with Crippen molar-refractivity contribution in [2.45, 2.75) is 58.9 Å². The van der Waals surface area contributed by atoms with Crippen LogP contribution >= 0.6 is 0 Å². The van der Waals surface area contributed by atoms with E-state index >= 15 is 0 Å². The number of aromatic nitrogens is 2. The van der Waals surface area contributed by atoms with Gasteiger partial charge >= 0.3 is 0 Å². The van der Waals surface area contributed by atoms with Crippen LogP contribution in [0.15, 0.2) is 6.07 Å². The molecule has 1 aromatic heterocycles. The van der Waals surface area contributed by atoms with Crippen LogP contribution in [0, 0.1) is 0 Å². The van der Waals surface area contributed by atoms with Crippen LogP contribution in [0.25, 0.3) is 0 Å². The number of amides is 1. The fourth-order valence-corrected chi connectivity index (χ4v) is 1.65. The molecule has 0 saturated carbocycles. The molecule has 0 aliphatic heterocycles. The molecule has 0 aliphatic carbocycles. The van der Waals surface area contributed by atoms with Crippen LogP contribution in [-0.4, -0.2) is 28.5 Å². The Morgan fingerprint density at radius 3 is 2.62 bits per heavy atom. The quantitative estimate of drug-likeness (QED) is 0.746.